The van der Waals surface area contributed by atoms with Crippen molar-refractivity contribution in [1.82, 2.24) is 4.98 Å². The molecule has 5 nitrogen and oxygen atoms in total. The smallest absolute Gasteiger partial charge is 0.294 e. The van der Waals surface area contributed by atoms with Crippen LogP contribution in [0.1, 0.15) is 31.3 Å². The summed E-state index contributed by atoms with van der Waals surface area (Å²) in [4.78, 5) is 32.1. The van der Waals surface area contributed by atoms with E-state index < -0.39 is 35.1 Å². The summed E-state index contributed by atoms with van der Waals surface area (Å²) in [5.41, 5.74) is -0.0432. The first-order chi connectivity index (χ1) is 13.8. The van der Waals surface area contributed by atoms with Gasteiger partial charge in [0.05, 0.1) is 26.8 Å². The maximum atomic E-state index is 14.5. The van der Waals surface area contributed by atoms with Gasteiger partial charge in [-0.2, -0.15) is 0 Å². The lowest BCUT2D eigenvalue weighted by Crippen LogP contribution is -2.31. The van der Waals surface area contributed by atoms with Crippen molar-refractivity contribution in [3.8, 4) is 0 Å². The normalized spacial score (nSPS) is 16.8. The zero-order valence-corrected chi connectivity index (χ0v) is 16.9. The van der Waals surface area contributed by atoms with E-state index in [9.17, 15) is 23.5 Å². The van der Waals surface area contributed by atoms with Crippen LogP contribution in [0.15, 0.2) is 47.0 Å². The average molecular weight is 432 g/mol. The number of ketones is 1. The van der Waals surface area contributed by atoms with E-state index in [1.165, 1.54) is 11.3 Å². The third-order valence-electron chi connectivity index (χ3n) is 4.54. The monoisotopic (exact) mass is 432 g/mol. The van der Waals surface area contributed by atoms with Gasteiger partial charge in [-0.25, -0.2) is 13.8 Å². The number of aryl methyl sites for hydroxylation is 2. The second-order valence-corrected chi connectivity index (χ2v) is 8.61. The van der Waals surface area contributed by atoms with Crippen LogP contribution >= 0.6 is 22.7 Å². The quantitative estimate of drug-likeness (QED) is 0.597. The van der Waals surface area contributed by atoms with E-state index in [1.54, 1.807) is 31.4 Å². The molecule has 1 aliphatic rings. The molecule has 0 spiro atoms. The molecule has 1 amide bonds. The second kappa shape index (κ2) is 7.16. The highest BCUT2D eigenvalue weighted by Gasteiger charge is 2.46. The lowest BCUT2D eigenvalue weighted by molar-refractivity contribution is -0.117. The van der Waals surface area contributed by atoms with Gasteiger partial charge >= 0.3 is 0 Å². The van der Waals surface area contributed by atoms with Crippen LogP contribution in [0.25, 0.3) is 0 Å². The number of nitrogens with zero attached hydrogens (tertiary/aromatic N) is 2. The summed E-state index contributed by atoms with van der Waals surface area (Å²) < 4.78 is 28.3. The zero-order chi connectivity index (χ0) is 20.9. The fraction of sp³-hybridized carbons (Fsp3) is 0.150. The van der Waals surface area contributed by atoms with E-state index in [2.05, 4.69) is 4.98 Å². The number of anilines is 1. The molecule has 1 N–H and O–H groups in total. The molecule has 1 aromatic carbocycles. The Morgan fingerprint density at radius 3 is 2.62 bits per heavy atom. The van der Waals surface area contributed by atoms with E-state index in [-0.39, 0.29) is 11.3 Å². The molecule has 1 aliphatic heterocycles. The van der Waals surface area contributed by atoms with Crippen molar-refractivity contribution in [1.29, 1.82) is 0 Å². The predicted octanol–water partition coefficient (Wildman–Crippen LogP) is 4.88. The second-order valence-electron chi connectivity index (χ2n) is 6.43. The Balaban J connectivity index is 1.90. The fourth-order valence-corrected chi connectivity index (χ4v) is 5.03. The summed E-state index contributed by atoms with van der Waals surface area (Å²) in [7, 11) is 0. The van der Waals surface area contributed by atoms with Gasteiger partial charge in [-0.15, -0.1) is 22.7 Å². The molecule has 148 valence electrons. The number of carbonyl (C=O) groups excluding carboxylic acids is 2. The van der Waals surface area contributed by atoms with Crippen LogP contribution in [0.3, 0.4) is 0 Å². The van der Waals surface area contributed by atoms with Gasteiger partial charge in [0.2, 0.25) is 5.78 Å². The van der Waals surface area contributed by atoms with Crippen molar-refractivity contribution in [2.75, 3.05) is 4.90 Å². The van der Waals surface area contributed by atoms with Gasteiger partial charge in [0.1, 0.15) is 17.7 Å². The highest BCUT2D eigenvalue weighted by atomic mass is 32.1. The van der Waals surface area contributed by atoms with E-state index in [0.29, 0.717) is 20.5 Å². The predicted molar refractivity (Wildman–Crippen MR) is 106 cm³/mol. The standard InChI is InChI=1S/C20H14F2N2O3S2/c1-9-19(29-10(2)23-9)17(25)15-16(14-4-3-7-28-14)24(20(27)18(15)26)13-8-11(21)5-6-12(13)22/h3-8,16,26H,1-2H3. The average Bonchev–Trinajstić information content (AvgIpc) is 3.37. The van der Waals surface area contributed by atoms with Crippen molar-refractivity contribution in [3.05, 3.63) is 79.1 Å². The first kappa shape index (κ1) is 19.4. The molecule has 0 aliphatic carbocycles. The molecule has 29 heavy (non-hydrogen) atoms. The van der Waals surface area contributed by atoms with Crippen molar-refractivity contribution in [2.24, 2.45) is 0 Å². The van der Waals surface area contributed by atoms with Crippen LogP contribution < -0.4 is 4.90 Å². The number of carbonyl (C=O) groups is 2. The Kier molecular flexibility index (Phi) is 4.79. The summed E-state index contributed by atoms with van der Waals surface area (Å²) >= 11 is 2.39. The van der Waals surface area contributed by atoms with E-state index in [1.807, 2.05) is 0 Å². The number of Topliss-reactive ketones (excluding diaryl/α,β-unsaturated/α-hetero) is 1. The molecule has 9 heteroatoms. The first-order valence-electron chi connectivity index (χ1n) is 8.53. The number of benzene rings is 1. The van der Waals surface area contributed by atoms with Gasteiger partial charge in [0, 0.05) is 10.9 Å². The number of aliphatic hydroxyl groups is 1. The number of aliphatic hydroxyl groups excluding tert-OH is 1. The van der Waals surface area contributed by atoms with E-state index in [0.717, 1.165) is 34.4 Å². The Labute approximate surface area is 172 Å². The van der Waals surface area contributed by atoms with Crippen LogP contribution in [-0.2, 0) is 4.79 Å². The minimum Gasteiger partial charge on any atom is -0.503 e. The molecule has 1 unspecified atom stereocenters. The highest BCUT2D eigenvalue weighted by Crippen LogP contribution is 2.44. The fourth-order valence-electron chi connectivity index (χ4n) is 3.34. The number of thiazole rings is 1. The Morgan fingerprint density at radius 1 is 1.24 bits per heavy atom. The molecule has 0 bridgehead atoms. The lowest BCUT2D eigenvalue weighted by atomic mass is 10.00. The largest absolute Gasteiger partial charge is 0.503 e. The SMILES string of the molecule is Cc1nc(C)c(C(=O)C2=C(O)C(=O)N(c3cc(F)ccc3F)C2c2cccs2)s1. The number of aromatic nitrogens is 1. The van der Waals surface area contributed by atoms with Gasteiger partial charge in [-0.3, -0.25) is 14.5 Å². The van der Waals surface area contributed by atoms with Gasteiger partial charge in [-0.05, 0) is 37.4 Å². The molecule has 0 saturated carbocycles. The molecular weight excluding hydrogens is 418 g/mol. The molecule has 0 fully saturated rings. The highest BCUT2D eigenvalue weighted by molar-refractivity contribution is 7.14. The van der Waals surface area contributed by atoms with Gasteiger partial charge in [0.15, 0.2) is 5.76 Å². The number of rotatable bonds is 4. The summed E-state index contributed by atoms with van der Waals surface area (Å²) in [5, 5.41) is 13.0. The molecule has 3 heterocycles. The van der Waals surface area contributed by atoms with Crippen LogP contribution in [0.2, 0.25) is 0 Å². The maximum Gasteiger partial charge on any atom is 0.294 e. The van der Waals surface area contributed by atoms with Crippen LogP contribution in [0.5, 0.6) is 0 Å². The minimum atomic E-state index is -1.08. The van der Waals surface area contributed by atoms with Crippen molar-refractivity contribution < 1.29 is 23.5 Å². The third-order valence-corrected chi connectivity index (χ3v) is 6.54. The Hall–Kier alpha value is -2.91. The van der Waals surface area contributed by atoms with Crippen molar-refractivity contribution in [2.45, 2.75) is 19.9 Å². The lowest BCUT2D eigenvalue weighted by Gasteiger charge is -2.26. The van der Waals surface area contributed by atoms with E-state index in [4.69, 9.17) is 0 Å². The molecule has 0 radical (unpaired) electrons. The maximum absolute atomic E-state index is 14.5. The number of hydrogen-bond acceptors (Lipinski definition) is 6. The Morgan fingerprint density at radius 2 is 2.00 bits per heavy atom. The molecule has 4 rings (SSSR count). The van der Waals surface area contributed by atoms with Gasteiger partial charge in [0.25, 0.3) is 5.91 Å². The first-order valence-corrected chi connectivity index (χ1v) is 10.2. The van der Waals surface area contributed by atoms with E-state index >= 15 is 0 Å². The summed E-state index contributed by atoms with van der Waals surface area (Å²) in [6.07, 6.45) is 0. The summed E-state index contributed by atoms with van der Waals surface area (Å²) in [6, 6.07) is 5.01. The molecular formula is C20H14F2N2O3S2. The van der Waals surface area contributed by atoms with Gasteiger partial charge in [-0.1, -0.05) is 6.07 Å². The number of amides is 1. The van der Waals surface area contributed by atoms with Crippen molar-refractivity contribution in [3.63, 3.8) is 0 Å². The molecule has 1 atom stereocenters. The number of hydrogen-bond donors (Lipinski definition) is 1. The third kappa shape index (κ3) is 3.16. The number of halogens is 2. The van der Waals surface area contributed by atoms with Crippen molar-refractivity contribution >= 4 is 40.1 Å². The minimum absolute atomic E-state index is 0.173. The van der Waals surface area contributed by atoms with Gasteiger partial charge < -0.3 is 5.11 Å². The molecule has 2 aromatic heterocycles. The Bertz CT molecular complexity index is 1170. The number of thiophene rings is 1. The van der Waals surface area contributed by atoms with Crippen LogP contribution in [0.4, 0.5) is 14.5 Å². The summed E-state index contributed by atoms with van der Waals surface area (Å²) in [6.45, 7) is 3.41. The summed E-state index contributed by atoms with van der Waals surface area (Å²) in [5.74, 6) is -3.88. The van der Waals surface area contributed by atoms with Crippen LogP contribution in [0, 0.1) is 25.5 Å². The molecule has 0 saturated heterocycles. The molecule has 3 aromatic rings. The van der Waals surface area contributed by atoms with Crippen LogP contribution in [-0.4, -0.2) is 21.8 Å². The zero-order valence-electron chi connectivity index (χ0n) is 15.3. The topological polar surface area (TPSA) is 70.5 Å².